The molecule has 0 atom stereocenters. The summed E-state index contributed by atoms with van der Waals surface area (Å²) >= 11 is 2.97. The number of carbonyl (C=O) groups is 1. The largest absolute Gasteiger partial charge is 0.478 e. The van der Waals surface area contributed by atoms with Gasteiger partial charge in [0.05, 0.1) is 31.1 Å². The molecule has 0 heterocycles. The number of benzene rings is 1. The average Bonchev–Trinajstić information content (AvgIpc) is 2.40. The van der Waals surface area contributed by atoms with Gasteiger partial charge >= 0.3 is 5.97 Å². The minimum Gasteiger partial charge on any atom is -0.478 e. The summed E-state index contributed by atoms with van der Waals surface area (Å²) in [5.74, 6) is -3.27. The van der Waals surface area contributed by atoms with E-state index in [1.54, 1.807) is 0 Å². The second-order valence-corrected chi connectivity index (χ2v) is 6.99. The molecule has 0 radical (unpaired) electrons. The summed E-state index contributed by atoms with van der Waals surface area (Å²) in [5, 5.41) is 8.86. The highest BCUT2D eigenvalue weighted by Gasteiger charge is 2.24. The molecule has 0 unspecified atom stereocenters. The smallest absolute Gasteiger partial charge is 0.338 e. The van der Waals surface area contributed by atoms with Gasteiger partial charge in [-0.3, -0.25) is 0 Å². The SMILES string of the molecule is COCCOCCS(=O)(=O)c1cc(Br)cc(C(=O)O)c1F. The molecule has 0 fully saturated rings. The van der Waals surface area contributed by atoms with Crippen LogP contribution < -0.4 is 0 Å². The van der Waals surface area contributed by atoms with E-state index in [-0.39, 0.29) is 17.7 Å². The van der Waals surface area contributed by atoms with E-state index in [1.807, 2.05) is 0 Å². The number of rotatable bonds is 8. The predicted molar refractivity (Wildman–Crippen MR) is 75.8 cm³/mol. The molecule has 0 saturated heterocycles. The third kappa shape index (κ3) is 5.03. The van der Waals surface area contributed by atoms with Gasteiger partial charge in [-0.15, -0.1) is 0 Å². The maximum Gasteiger partial charge on any atom is 0.338 e. The summed E-state index contributed by atoms with van der Waals surface area (Å²) < 4.78 is 48.0. The standard InChI is InChI=1S/C12H14BrFO6S/c1-19-2-3-20-4-5-21(17,18)10-7-8(13)6-9(11(10)14)12(15)16/h6-7H,2-5H2,1H3,(H,15,16). The van der Waals surface area contributed by atoms with Gasteiger partial charge in [0, 0.05) is 11.6 Å². The molecule has 1 N–H and O–H groups in total. The number of hydrogen-bond donors (Lipinski definition) is 1. The minimum absolute atomic E-state index is 0.139. The van der Waals surface area contributed by atoms with E-state index in [9.17, 15) is 17.6 Å². The van der Waals surface area contributed by atoms with Crippen LogP contribution in [0.5, 0.6) is 0 Å². The fourth-order valence-corrected chi connectivity index (χ4v) is 3.33. The fourth-order valence-electron chi connectivity index (χ4n) is 1.47. The predicted octanol–water partition coefficient (Wildman–Crippen LogP) is 1.72. The Morgan fingerprint density at radius 3 is 2.57 bits per heavy atom. The van der Waals surface area contributed by atoms with E-state index >= 15 is 0 Å². The first-order valence-corrected chi connectivity index (χ1v) is 8.26. The van der Waals surface area contributed by atoms with Crippen LogP contribution in [-0.2, 0) is 19.3 Å². The van der Waals surface area contributed by atoms with Crippen LogP contribution in [0.25, 0.3) is 0 Å². The fraction of sp³-hybridized carbons (Fsp3) is 0.417. The highest BCUT2D eigenvalue weighted by atomic mass is 79.9. The van der Waals surface area contributed by atoms with Crippen molar-refractivity contribution >= 4 is 31.7 Å². The molecule has 9 heteroatoms. The van der Waals surface area contributed by atoms with E-state index in [4.69, 9.17) is 14.6 Å². The van der Waals surface area contributed by atoms with Crippen molar-refractivity contribution in [3.05, 3.63) is 28.0 Å². The van der Waals surface area contributed by atoms with Crippen molar-refractivity contribution in [1.29, 1.82) is 0 Å². The van der Waals surface area contributed by atoms with E-state index in [0.29, 0.717) is 6.61 Å². The summed E-state index contributed by atoms with van der Waals surface area (Å²) in [4.78, 5) is 10.2. The summed E-state index contributed by atoms with van der Waals surface area (Å²) in [6.45, 7) is 0.391. The number of methoxy groups -OCH3 is 1. The monoisotopic (exact) mass is 384 g/mol. The van der Waals surface area contributed by atoms with Gasteiger partial charge in [-0.25, -0.2) is 17.6 Å². The third-order valence-corrected chi connectivity index (χ3v) is 4.63. The van der Waals surface area contributed by atoms with Crippen LogP contribution in [0.3, 0.4) is 0 Å². The molecule has 0 aliphatic heterocycles. The van der Waals surface area contributed by atoms with Crippen LogP contribution in [0, 0.1) is 5.82 Å². The number of aromatic carboxylic acids is 1. The third-order valence-electron chi connectivity index (χ3n) is 2.50. The van der Waals surface area contributed by atoms with Crippen molar-refractivity contribution in [2.75, 3.05) is 32.7 Å². The zero-order valence-corrected chi connectivity index (χ0v) is 13.5. The number of sulfone groups is 1. The molecule has 0 aliphatic rings. The highest BCUT2D eigenvalue weighted by Crippen LogP contribution is 2.25. The van der Waals surface area contributed by atoms with Crippen LogP contribution in [0.4, 0.5) is 4.39 Å². The van der Waals surface area contributed by atoms with Crippen molar-refractivity contribution in [2.24, 2.45) is 0 Å². The highest BCUT2D eigenvalue weighted by molar-refractivity contribution is 9.10. The van der Waals surface area contributed by atoms with Crippen LogP contribution >= 0.6 is 15.9 Å². The Kier molecular flexibility index (Phi) is 6.72. The Hall–Kier alpha value is -1.03. The lowest BCUT2D eigenvalue weighted by molar-refractivity contribution is 0.0691. The molecule has 1 rings (SSSR count). The first kappa shape index (κ1) is 18.0. The van der Waals surface area contributed by atoms with Gasteiger partial charge in [-0.05, 0) is 12.1 Å². The second-order valence-electron chi connectivity index (χ2n) is 3.99. The van der Waals surface area contributed by atoms with Crippen LogP contribution in [-0.4, -0.2) is 52.2 Å². The van der Waals surface area contributed by atoms with Gasteiger partial charge in [0.25, 0.3) is 0 Å². The molecule has 0 aromatic heterocycles. The molecular weight excluding hydrogens is 371 g/mol. The first-order chi connectivity index (χ1) is 9.79. The summed E-state index contributed by atoms with van der Waals surface area (Å²) in [6.07, 6.45) is 0. The lowest BCUT2D eigenvalue weighted by Crippen LogP contribution is -2.17. The zero-order valence-electron chi connectivity index (χ0n) is 11.1. The molecule has 0 amide bonds. The average molecular weight is 385 g/mol. The van der Waals surface area contributed by atoms with Gasteiger partial charge in [0.1, 0.15) is 4.90 Å². The molecule has 1 aromatic carbocycles. The van der Waals surface area contributed by atoms with E-state index in [1.165, 1.54) is 7.11 Å². The van der Waals surface area contributed by atoms with Crippen molar-refractivity contribution in [2.45, 2.75) is 4.90 Å². The molecule has 118 valence electrons. The van der Waals surface area contributed by atoms with Gasteiger partial charge in [-0.1, -0.05) is 15.9 Å². The Morgan fingerprint density at radius 1 is 1.33 bits per heavy atom. The molecule has 0 bridgehead atoms. The van der Waals surface area contributed by atoms with Gasteiger partial charge in [0.2, 0.25) is 0 Å². The van der Waals surface area contributed by atoms with E-state index in [0.717, 1.165) is 12.1 Å². The number of carboxylic acids is 1. The molecule has 0 spiro atoms. The van der Waals surface area contributed by atoms with Crippen molar-refractivity contribution in [3.8, 4) is 0 Å². The van der Waals surface area contributed by atoms with Crippen LogP contribution in [0.2, 0.25) is 0 Å². The first-order valence-electron chi connectivity index (χ1n) is 5.81. The number of carboxylic acid groups (broad SMARTS) is 1. The lowest BCUT2D eigenvalue weighted by atomic mass is 10.2. The molecule has 21 heavy (non-hydrogen) atoms. The molecule has 0 aliphatic carbocycles. The second kappa shape index (κ2) is 7.83. The summed E-state index contributed by atoms with van der Waals surface area (Å²) in [6, 6.07) is 2.04. The number of hydrogen-bond acceptors (Lipinski definition) is 5. The van der Waals surface area contributed by atoms with Crippen molar-refractivity contribution < 1.29 is 32.2 Å². The maximum absolute atomic E-state index is 14.0. The topological polar surface area (TPSA) is 89.9 Å². The molecule has 1 aromatic rings. The van der Waals surface area contributed by atoms with E-state index < -0.39 is 37.8 Å². The number of halogens is 2. The summed E-state index contributed by atoms with van der Waals surface area (Å²) in [5.41, 5.74) is -0.705. The normalized spacial score (nSPS) is 11.6. The Morgan fingerprint density at radius 2 is 2.00 bits per heavy atom. The number of ether oxygens (including phenoxy) is 2. The Balaban J connectivity index is 2.95. The van der Waals surface area contributed by atoms with Crippen LogP contribution in [0.15, 0.2) is 21.5 Å². The Bertz CT molecular complexity index is 616. The van der Waals surface area contributed by atoms with Gasteiger partial charge < -0.3 is 14.6 Å². The lowest BCUT2D eigenvalue weighted by Gasteiger charge is -2.09. The van der Waals surface area contributed by atoms with E-state index in [2.05, 4.69) is 15.9 Å². The Labute approximate surface area is 129 Å². The zero-order chi connectivity index (χ0) is 16.0. The quantitative estimate of drug-likeness (QED) is 0.686. The van der Waals surface area contributed by atoms with Crippen molar-refractivity contribution in [1.82, 2.24) is 0 Å². The molecule has 0 saturated carbocycles. The van der Waals surface area contributed by atoms with Crippen molar-refractivity contribution in [3.63, 3.8) is 0 Å². The minimum atomic E-state index is -3.99. The maximum atomic E-state index is 14.0. The van der Waals surface area contributed by atoms with Crippen LogP contribution in [0.1, 0.15) is 10.4 Å². The summed E-state index contributed by atoms with van der Waals surface area (Å²) in [7, 11) is -2.51. The van der Waals surface area contributed by atoms with Gasteiger partial charge in [-0.2, -0.15) is 0 Å². The molecular formula is C12H14BrFO6S. The van der Waals surface area contributed by atoms with Gasteiger partial charge in [0.15, 0.2) is 15.7 Å². The molecule has 6 nitrogen and oxygen atoms in total.